The zero-order valence-corrected chi connectivity index (χ0v) is 16.5. The number of para-hydroxylation sites is 1. The molecule has 2 rings (SSSR count). The fourth-order valence-corrected chi connectivity index (χ4v) is 2.92. The molecule has 8 heteroatoms. The first-order chi connectivity index (χ1) is 13.4. The molecule has 0 heterocycles. The molecule has 0 aliphatic rings. The third-order valence-electron chi connectivity index (χ3n) is 3.98. The fraction of sp³-hybridized carbons (Fsp3) is 0.300. The van der Waals surface area contributed by atoms with E-state index in [4.69, 9.17) is 4.74 Å². The van der Waals surface area contributed by atoms with E-state index in [9.17, 15) is 18.4 Å². The van der Waals surface area contributed by atoms with Gasteiger partial charge in [0, 0.05) is 18.8 Å². The summed E-state index contributed by atoms with van der Waals surface area (Å²) < 4.78 is 32.0. The summed E-state index contributed by atoms with van der Waals surface area (Å²) >= 11 is 1.53. The van der Waals surface area contributed by atoms with Crippen LogP contribution in [0.5, 0.6) is 5.75 Å². The van der Waals surface area contributed by atoms with E-state index in [-0.39, 0.29) is 12.3 Å². The highest BCUT2D eigenvalue weighted by Gasteiger charge is 2.25. The Hall–Kier alpha value is -2.61. The molecule has 2 aromatic carbocycles. The standard InChI is InChI=1S/C20H22F2N2O3S/c1-24(14-8-9-16(21)17(22)12-14)20(26)18(10-11-28-2)23-19(25)13-27-15-6-4-3-5-7-15/h3-9,12,18H,10-11,13H2,1-2H3,(H,23,25). The molecule has 2 amide bonds. The molecule has 2 aromatic rings. The van der Waals surface area contributed by atoms with E-state index in [0.717, 1.165) is 12.1 Å². The molecule has 0 saturated heterocycles. The smallest absolute Gasteiger partial charge is 0.258 e. The predicted molar refractivity (Wildman–Crippen MR) is 107 cm³/mol. The monoisotopic (exact) mass is 408 g/mol. The first-order valence-electron chi connectivity index (χ1n) is 8.61. The number of anilines is 1. The zero-order valence-electron chi connectivity index (χ0n) is 15.7. The first kappa shape index (κ1) is 21.7. The Bertz CT molecular complexity index is 805. The predicted octanol–water partition coefficient (Wildman–Crippen LogP) is 3.24. The van der Waals surface area contributed by atoms with Crippen LogP contribution >= 0.6 is 11.8 Å². The average Bonchev–Trinajstić information content (AvgIpc) is 2.71. The van der Waals surface area contributed by atoms with E-state index in [1.54, 1.807) is 24.3 Å². The minimum atomic E-state index is -1.04. The number of likely N-dealkylation sites (N-methyl/N-ethyl adjacent to an activating group) is 1. The van der Waals surface area contributed by atoms with E-state index in [1.165, 1.54) is 29.8 Å². The van der Waals surface area contributed by atoms with Gasteiger partial charge in [-0.25, -0.2) is 8.78 Å². The molecular formula is C20H22F2N2O3S. The lowest BCUT2D eigenvalue weighted by Crippen LogP contribution is -2.49. The number of hydrogen-bond acceptors (Lipinski definition) is 4. The molecule has 1 atom stereocenters. The Balaban J connectivity index is 2.02. The van der Waals surface area contributed by atoms with Gasteiger partial charge >= 0.3 is 0 Å². The van der Waals surface area contributed by atoms with Gasteiger partial charge in [0.05, 0.1) is 0 Å². The van der Waals surface area contributed by atoms with Crippen LogP contribution in [-0.2, 0) is 9.59 Å². The highest BCUT2D eigenvalue weighted by Crippen LogP contribution is 2.18. The van der Waals surface area contributed by atoms with Gasteiger partial charge in [-0.15, -0.1) is 0 Å². The highest BCUT2D eigenvalue weighted by atomic mass is 32.2. The Labute approximate surface area is 167 Å². The average molecular weight is 408 g/mol. The van der Waals surface area contributed by atoms with Crippen LogP contribution in [0.3, 0.4) is 0 Å². The van der Waals surface area contributed by atoms with Crippen LogP contribution in [0.1, 0.15) is 6.42 Å². The largest absolute Gasteiger partial charge is 0.484 e. The number of ether oxygens (including phenoxy) is 1. The molecule has 28 heavy (non-hydrogen) atoms. The lowest BCUT2D eigenvalue weighted by atomic mass is 10.1. The fourth-order valence-electron chi connectivity index (χ4n) is 2.45. The SMILES string of the molecule is CSCCC(NC(=O)COc1ccccc1)C(=O)N(C)c1ccc(F)c(F)c1. The zero-order chi connectivity index (χ0) is 20.5. The molecular weight excluding hydrogens is 386 g/mol. The minimum Gasteiger partial charge on any atom is -0.484 e. The van der Waals surface area contributed by atoms with Gasteiger partial charge in [0.2, 0.25) is 5.91 Å². The normalized spacial score (nSPS) is 11.6. The summed E-state index contributed by atoms with van der Waals surface area (Å²) in [5.41, 5.74) is 0.202. The lowest BCUT2D eigenvalue weighted by Gasteiger charge is -2.25. The molecule has 0 radical (unpaired) electrons. The van der Waals surface area contributed by atoms with Crippen molar-refractivity contribution in [3.63, 3.8) is 0 Å². The number of halogens is 2. The number of hydrogen-bond donors (Lipinski definition) is 1. The Kier molecular flexibility index (Phi) is 8.25. The molecule has 5 nitrogen and oxygen atoms in total. The lowest BCUT2D eigenvalue weighted by molar-refractivity contribution is -0.128. The van der Waals surface area contributed by atoms with Crippen molar-refractivity contribution in [2.24, 2.45) is 0 Å². The Morgan fingerprint density at radius 1 is 1.14 bits per heavy atom. The van der Waals surface area contributed by atoms with E-state index in [2.05, 4.69) is 5.32 Å². The second kappa shape index (κ2) is 10.7. The number of amides is 2. The molecule has 0 aliphatic heterocycles. The third kappa shape index (κ3) is 6.23. The highest BCUT2D eigenvalue weighted by molar-refractivity contribution is 7.98. The van der Waals surface area contributed by atoms with Crippen molar-refractivity contribution in [1.82, 2.24) is 5.32 Å². The molecule has 1 N–H and O–H groups in total. The van der Waals surface area contributed by atoms with Crippen LogP contribution in [-0.4, -0.2) is 43.5 Å². The molecule has 0 aliphatic carbocycles. The van der Waals surface area contributed by atoms with Crippen molar-refractivity contribution in [2.45, 2.75) is 12.5 Å². The number of nitrogens with one attached hydrogen (secondary N) is 1. The van der Waals surface area contributed by atoms with Crippen LogP contribution in [0, 0.1) is 11.6 Å². The van der Waals surface area contributed by atoms with Crippen LogP contribution in [0.2, 0.25) is 0 Å². The summed E-state index contributed by atoms with van der Waals surface area (Å²) in [4.78, 5) is 26.2. The van der Waals surface area contributed by atoms with Crippen LogP contribution < -0.4 is 15.0 Å². The third-order valence-corrected chi connectivity index (χ3v) is 4.62. The molecule has 0 spiro atoms. The summed E-state index contributed by atoms with van der Waals surface area (Å²) in [5, 5.41) is 2.66. The minimum absolute atomic E-state index is 0.202. The number of rotatable bonds is 9. The van der Waals surface area contributed by atoms with Crippen LogP contribution in [0.25, 0.3) is 0 Å². The van der Waals surface area contributed by atoms with E-state index < -0.39 is 29.5 Å². The van der Waals surface area contributed by atoms with Crippen molar-refractivity contribution < 1.29 is 23.1 Å². The van der Waals surface area contributed by atoms with E-state index in [0.29, 0.717) is 17.9 Å². The van der Waals surface area contributed by atoms with Crippen LogP contribution in [0.4, 0.5) is 14.5 Å². The van der Waals surface area contributed by atoms with Crippen molar-refractivity contribution in [3.8, 4) is 5.75 Å². The van der Waals surface area contributed by atoms with Gasteiger partial charge in [0.15, 0.2) is 18.2 Å². The van der Waals surface area contributed by atoms with Crippen molar-refractivity contribution >= 4 is 29.3 Å². The molecule has 0 fully saturated rings. The Morgan fingerprint density at radius 3 is 2.50 bits per heavy atom. The summed E-state index contributed by atoms with van der Waals surface area (Å²) in [6, 6.07) is 11.2. The molecule has 1 unspecified atom stereocenters. The summed E-state index contributed by atoms with van der Waals surface area (Å²) in [5.74, 6) is -1.71. The van der Waals surface area contributed by atoms with E-state index in [1.807, 2.05) is 12.3 Å². The summed E-state index contributed by atoms with van der Waals surface area (Å²) in [7, 11) is 1.45. The number of nitrogens with zero attached hydrogens (tertiary/aromatic N) is 1. The van der Waals surface area contributed by atoms with Gasteiger partial charge in [0.25, 0.3) is 5.91 Å². The molecule has 0 aromatic heterocycles. The number of thioether (sulfide) groups is 1. The summed E-state index contributed by atoms with van der Waals surface area (Å²) in [6.07, 6.45) is 2.28. The molecule has 150 valence electrons. The summed E-state index contributed by atoms with van der Waals surface area (Å²) in [6.45, 7) is -0.234. The second-order valence-corrected chi connectivity index (χ2v) is 6.98. The maximum Gasteiger partial charge on any atom is 0.258 e. The van der Waals surface area contributed by atoms with Crippen molar-refractivity contribution in [2.75, 3.05) is 30.6 Å². The van der Waals surface area contributed by atoms with Gasteiger partial charge in [0.1, 0.15) is 11.8 Å². The van der Waals surface area contributed by atoms with Gasteiger partial charge in [-0.2, -0.15) is 11.8 Å². The molecule has 0 saturated carbocycles. The van der Waals surface area contributed by atoms with Gasteiger partial charge in [-0.1, -0.05) is 18.2 Å². The number of benzene rings is 2. The quantitative estimate of drug-likeness (QED) is 0.692. The Morgan fingerprint density at radius 2 is 1.86 bits per heavy atom. The van der Waals surface area contributed by atoms with Gasteiger partial charge in [-0.05, 0) is 42.7 Å². The van der Waals surface area contributed by atoms with Crippen molar-refractivity contribution in [3.05, 3.63) is 60.2 Å². The maximum absolute atomic E-state index is 13.5. The number of carbonyl (C=O) groups is 2. The first-order valence-corrected chi connectivity index (χ1v) is 10.0. The number of carbonyl (C=O) groups excluding carboxylic acids is 2. The second-order valence-electron chi connectivity index (χ2n) is 6.00. The molecule has 0 bridgehead atoms. The van der Waals surface area contributed by atoms with Gasteiger partial charge < -0.3 is 15.0 Å². The maximum atomic E-state index is 13.5. The topological polar surface area (TPSA) is 58.6 Å². The van der Waals surface area contributed by atoms with Gasteiger partial charge in [-0.3, -0.25) is 9.59 Å². The van der Waals surface area contributed by atoms with E-state index >= 15 is 0 Å². The van der Waals surface area contributed by atoms with Crippen LogP contribution in [0.15, 0.2) is 48.5 Å². The van der Waals surface area contributed by atoms with Crippen molar-refractivity contribution in [1.29, 1.82) is 0 Å².